The molecular formula is C7H16SSi. The van der Waals surface area contributed by atoms with Crippen molar-refractivity contribution in [2.24, 2.45) is 0 Å². The molecule has 0 radical (unpaired) electrons. The largest absolute Gasteiger partial charge is 0.161 e. The average Bonchev–Trinajstić information content (AvgIpc) is 1.65. The zero-order valence-corrected chi connectivity index (χ0v) is 8.59. The molecule has 0 aliphatic carbocycles. The molecular weight excluding hydrogens is 144 g/mol. The molecule has 54 valence electrons. The van der Waals surface area contributed by atoms with Crippen LogP contribution in [0.2, 0.25) is 19.6 Å². The van der Waals surface area contributed by atoms with Crippen LogP contribution in [-0.2, 0) is 0 Å². The van der Waals surface area contributed by atoms with Gasteiger partial charge in [-0.3, -0.25) is 0 Å². The molecule has 1 unspecified atom stereocenters. The normalized spacial score (nSPS) is 15.1. The third-order valence-electron chi connectivity index (χ3n) is 1.32. The molecule has 2 heteroatoms. The van der Waals surface area contributed by atoms with Crippen LogP contribution in [0.4, 0.5) is 0 Å². The maximum atomic E-state index is 3.81. The van der Waals surface area contributed by atoms with E-state index >= 15 is 0 Å². The van der Waals surface area contributed by atoms with E-state index < -0.39 is 8.07 Å². The number of thioether (sulfide) groups is 1. The Kier molecular flexibility index (Phi) is 3.59. The van der Waals surface area contributed by atoms with Gasteiger partial charge in [-0.05, 0) is 6.26 Å². The molecule has 0 fully saturated rings. The summed E-state index contributed by atoms with van der Waals surface area (Å²) in [7, 11) is -0.942. The molecule has 0 aromatic carbocycles. The van der Waals surface area contributed by atoms with Gasteiger partial charge in [-0.25, -0.2) is 0 Å². The lowest BCUT2D eigenvalue weighted by atomic mass is 10.7. The summed E-state index contributed by atoms with van der Waals surface area (Å²) in [6.07, 6.45) is 4.24. The summed E-state index contributed by atoms with van der Waals surface area (Å²) in [5, 5.41) is 0. The summed E-state index contributed by atoms with van der Waals surface area (Å²) in [5.41, 5.74) is 0. The Morgan fingerprint density at radius 3 is 1.89 bits per heavy atom. The molecule has 0 aromatic heterocycles. The van der Waals surface area contributed by atoms with Gasteiger partial charge >= 0.3 is 0 Å². The Bertz CT molecular complexity index is 93.6. The predicted molar refractivity (Wildman–Crippen MR) is 50.8 cm³/mol. The van der Waals surface area contributed by atoms with E-state index in [-0.39, 0.29) is 0 Å². The lowest BCUT2D eigenvalue weighted by molar-refractivity contribution is 1.46. The monoisotopic (exact) mass is 160 g/mol. The minimum absolute atomic E-state index is 0.720. The smallest absolute Gasteiger partial charge is 0.0634 e. The third kappa shape index (κ3) is 3.11. The first-order valence-electron chi connectivity index (χ1n) is 3.17. The number of hydrogen-bond acceptors (Lipinski definition) is 1. The van der Waals surface area contributed by atoms with Crippen LogP contribution in [0.5, 0.6) is 0 Å². The van der Waals surface area contributed by atoms with Crippen molar-refractivity contribution in [3.8, 4) is 0 Å². The topological polar surface area (TPSA) is 0 Å². The molecule has 1 atom stereocenters. The van der Waals surface area contributed by atoms with Crippen LogP contribution in [0.1, 0.15) is 0 Å². The Morgan fingerprint density at radius 1 is 1.44 bits per heavy atom. The van der Waals surface area contributed by atoms with Crippen molar-refractivity contribution in [3.63, 3.8) is 0 Å². The van der Waals surface area contributed by atoms with E-state index in [4.69, 9.17) is 0 Å². The molecule has 0 aliphatic heterocycles. The van der Waals surface area contributed by atoms with Gasteiger partial charge in [0.15, 0.2) is 0 Å². The van der Waals surface area contributed by atoms with Crippen LogP contribution in [0.25, 0.3) is 0 Å². The quantitative estimate of drug-likeness (QED) is 0.452. The standard InChI is InChI=1S/C7H16SSi/c1-6-7(8-2)9(3,4)5/h6-7H,1H2,2-5H3. The highest BCUT2D eigenvalue weighted by atomic mass is 32.2. The van der Waals surface area contributed by atoms with Crippen molar-refractivity contribution in [2.75, 3.05) is 6.26 Å². The summed E-state index contributed by atoms with van der Waals surface area (Å²) in [5.74, 6) is 0. The van der Waals surface area contributed by atoms with Crippen LogP contribution in [0, 0.1) is 0 Å². The molecule has 0 rings (SSSR count). The van der Waals surface area contributed by atoms with Gasteiger partial charge in [-0.15, -0.1) is 6.58 Å². The first kappa shape index (κ1) is 9.31. The highest BCUT2D eigenvalue weighted by Gasteiger charge is 2.22. The molecule has 9 heavy (non-hydrogen) atoms. The number of hydrogen-bond donors (Lipinski definition) is 0. The Labute approximate surface area is 63.7 Å². The first-order valence-corrected chi connectivity index (χ1v) is 8.04. The SMILES string of the molecule is C=CC(SC)[Si](C)(C)C. The van der Waals surface area contributed by atoms with Crippen molar-refractivity contribution in [1.29, 1.82) is 0 Å². The van der Waals surface area contributed by atoms with Gasteiger partial charge in [0.25, 0.3) is 0 Å². The van der Waals surface area contributed by atoms with Gasteiger partial charge in [0, 0.05) is 4.87 Å². The van der Waals surface area contributed by atoms with E-state index in [1.54, 1.807) is 0 Å². The van der Waals surface area contributed by atoms with Crippen LogP contribution >= 0.6 is 11.8 Å². The van der Waals surface area contributed by atoms with E-state index in [0.29, 0.717) is 0 Å². The van der Waals surface area contributed by atoms with E-state index in [0.717, 1.165) is 4.87 Å². The van der Waals surface area contributed by atoms with Crippen molar-refractivity contribution < 1.29 is 0 Å². The van der Waals surface area contributed by atoms with Crippen molar-refractivity contribution in [2.45, 2.75) is 24.5 Å². The lowest BCUT2D eigenvalue weighted by Crippen LogP contribution is -2.33. The van der Waals surface area contributed by atoms with E-state index in [1.807, 2.05) is 11.8 Å². The van der Waals surface area contributed by atoms with Gasteiger partial charge in [-0.1, -0.05) is 25.7 Å². The fourth-order valence-corrected chi connectivity index (χ4v) is 4.53. The predicted octanol–water partition coefficient (Wildman–Crippen LogP) is 2.78. The van der Waals surface area contributed by atoms with E-state index in [1.165, 1.54) is 0 Å². The number of rotatable bonds is 3. The van der Waals surface area contributed by atoms with Crippen LogP contribution in [0.3, 0.4) is 0 Å². The second-order valence-corrected chi connectivity index (χ2v) is 10.0. The molecule has 0 spiro atoms. The summed E-state index contributed by atoms with van der Waals surface area (Å²) >= 11 is 1.92. The molecule has 0 saturated carbocycles. The second-order valence-electron chi connectivity index (χ2n) is 3.26. The Balaban J connectivity index is 3.94. The van der Waals surface area contributed by atoms with Crippen molar-refractivity contribution in [3.05, 3.63) is 12.7 Å². The molecule has 0 nitrogen and oxygen atoms in total. The average molecular weight is 160 g/mol. The zero-order valence-electron chi connectivity index (χ0n) is 6.77. The lowest BCUT2D eigenvalue weighted by Gasteiger charge is -2.23. The molecule has 0 N–H and O–H groups in total. The van der Waals surface area contributed by atoms with Crippen LogP contribution in [0.15, 0.2) is 12.7 Å². The first-order chi connectivity index (χ1) is 4.02. The van der Waals surface area contributed by atoms with Gasteiger partial charge in [0.1, 0.15) is 0 Å². The molecule has 0 aliphatic rings. The van der Waals surface area contributed by atoms with Crippen LogP contribution in [-0.4, -0.2) is 19.2 Å². The molecule has 0 aromatic rings. The highest BCUT2D eigenvalue weighted by Crippen LogP contribution is 2.20. The summed E-state index contributed by atoms with van der Waals surface area (Å²) in [4.78, 5) is 0.720. The van der Waals surface area contributed by atoms with E-state index in [9.17, 15) is 0 Å². The molecule has 0 saturated heterocycles. The van der Waals surface area contributed by atoms with Gasteiger partial charge in [0.05, 0.1) is 8.07 Å². The summed E-state index contributed by atoms with van der Waals surface area (Å²) in [6.45, 7) is 10.9. The minimum Gasteiger partial charge on any atom is -0.161 e. The summed E-state index contributed by atoms with van der Waals surface area (Å²) in [6, 6.07) is 0. The van der Waals surface area contributed by atoms with Gasteiger partial charge in [0.2, 0.25) is 0 Å². The van der Waals surface area contributed by atoms with Gasteiger partial charge < -0.3 is 0 Å². The van der Waals surface area contributed by atoms with Crippen LogP contribution < -0.4 is 0 Å². The fourth-order valence-electron chi connectivity index (χ4n) is 0.803. The van der Waals surface area contributed by atoms with E-state index in [2.05, 4.69) is 38.6 Å². The maximum absolute atomic E-state index is 3.81. The fraction of sp³-hybridized carbons (Fsp3) is 0.714. The maximum Gasteiger partial charge on any atom is 0.0634 e. The third-order valence-corrected chi connectivity index (χ3v) is 6.79. The highest BCUT2D eigenvalue weighted by molar-refractivity contribution is 8.01. The Morgan fingerprint density at radius 2 is 1.89 bits per heavy atom. The van der Waals surface area contributed by atoms with Crippen molar-refractivity contribution >= 4 is 19.8 Å². The molecule has 0 heterocycles. The Hall–Kier alpha value is 0.307. The van der Waals surface area contributed by atoms with Crippen molar-refractivity contribution in [1.82, 2.24) is 0 Å². The summed E-state index contributed by atoms with van der Waals surface area (Å²) < 4.78 is 0. The molecule has 0 bridgehead atoms. The molecule has 0 amide bonds. The zero-order chi connectivity index (χ0) is 7.49. The second kappa shape index (κ2) is 3.47. The minimum atomic E-state index is -0.942. The van der Waals surface area contributed by atoms with Gasteiger partial charge in [-0.2, -0.15) is 11.8 Å².